The molecule has 7 nitrogen and oxygen atoms in total. The number of cyclic esters (lactones) is 1. The lowest BCUT2D eigenvalue weighted by Crippen LogP contribution is -2.25. The molecular weight excluding hydrogens is 258 g/mol. The lowest BCUT2D eigenvalue weighted by molar-refractivity contribution is 0.145. The number of carbonyl (C=O) groups is 1. The fraction of sp³-hybridized carbons (Fsp3) is 0.231. The Balaban J connectivity index is 1.95. The van der Waals surface area contributed by atoms with Gasteiger partial charge < -0.3 is 4.74 Å². The summed E-state index contributed by atoms with van der Waals surface area (Å²) in [6, 6.07) is 9.31. The van der Waals surface area contributed by atoms with Crippen LogP contribution in [0.15, 0.2) is 41.6 Å². The number of pyridine rings is 1. The first kappa shape index (κ1) is 12.3. The average Bonchev–Trinajstić information content (AvgIpc) is 2.85. The number of fused-ring (bicyclic) bond motifs is 1. The zero-order chi connectivity index (χ0) is 13.9. The quantitative estimate of drug-likeness (QED) is 0.487. The fourth-order valence-electron chi connectivity index (χ4n) is 2.26. The van der Waals surface area contributed by atoms with Crippen LogP contribution in [0.25, 0.3) is 21.3 Å². The van der Waals surface area contributed by atoms with E-state index < -0.39 is 12.2 Å². The number of nitrogens with zero attached hydrogens (tertiary/aromatic N) is 5. The van der Waals surface area contributed by atoms with E-state index in [9.17, 15) is 4.79 Å². The van der Waals surface area contributed by atoms with Crippen LogP contribution in [0.1, 0.15) is 0 Å². The topological polar surface area (TPSA) is 91.2 Å². The molecule has 1 aliphatic heterocycles. The summed E-state index contributed by atoms with van der Waals surface area (Å²) in [6.07, 6.45) is 0.864. The Labute approximate surface area is 114 Å². The molecule has 7 heteroatoms. The third kappa shape index (κ3) is 2.10. The van der Waals surface area contributed by atoms with Crippen LogP contribution in [-0.4, -0.2) is 30.3 Å². The van der Waals surface area contributed by atoms with Gasteiger partial charge in [-0.2, -0.15) is 0 Å². The minimum absolute atomic E-state index is 0.141. The van der Waals surface area contributed by atoms with E-state index >= 15 is 0 Å². The number of amides is 1. The Hall–Kier alpha value is -2.79. The molecule has 1 aliphatic rings. The van der Waals surface area contributed by atoms with Crippen molar-refractivity contribution in [1.29, 1.82) is 0 Å². The Morgan fingerprint density at radius 2 is 2.35 bits per heavy atom. The summed E-state index contributed by atoms with van der Waals surface area (Å²) < 4.78 is 5.18. The lowest BCUT2D eigenvalue weighted by Gasteiger charge is -2.15. The number of hydrogen-bond acceptors (Lipinski definition) is 4. The fourth-order valence-corrected chi connectivity index (χ4v) is 2.26. The number of ether oxygens (including phenoxy) is 1. The lowest BCUT2D eigenvalue weighted by atomic mass is 10.1. The molecule has 0 radical (unpaired) electrons. The highest BCUT2D eigenvalue weighted by atomic mass is 16.6. The molecule has 0 N–H and O–H groups in total. The predicted molar refractivity (Wildman–Crippen MR) is 73.4 cm³/mol. The van der Waals surface area contributed by atoms with E-state index in [1.807, 2.05) is 30.3 Å². The van der Waals surface area contributed by atoms with Crippen molar-refractivity contribution in [3.05, 3.63) is 47.0 Å². The molecule has 0 spiro atoms. The maximum atomic E-state index is 11.9. The van der Waals surface area contributed by atoms with E-state index in [2.05, 4.69) is 15.0 Å². The highest BCUT2D eigenvalue weighted by Gasteiger charge is 2.32. The Morgan fingerprint density at radius 3 is 3.20 bits per heavy atom. The summed E-state index contributed by atoms with van der Waals surface area (Å²) >= 11 is 0. The molecule has 1 aromatic carbocycles. The first-order valence-electron chi connectivity index (χ1n) is 6.12. The molecule has 1 saturated heterocycles. The molecule has 0 unspecified atom stereocenters. The van der Waals surface area contributed by atoms with E-state index in [-0.39, 0.29) is 6.54 Å². The molecule has 1 atom stereocenters. The highest BCUT2D eigenvalue weighted by molar-refractivity contribution is 6.01. The van der Waals surface area contributed by atoms with Gasteiger partial charge in [0.1, 0.15) is 6.10 Å². The molecule has 20 heavy (non-hydrogen) atoms. The Morgan fingerprint density at radius 1 is 1.45 bits per heavy atom. The van der Waals surface area contributed by atoms with Crippen molar-refractivity contribution in [3.8, 4) is 0 Å². The number of carbonyl (C=O) groups excluding carboxylic acids is 1. The summed E-state index contributed by atoms with van der Waals surface area (Å²) in [5.74, 6) is 0. The largest absolute Gasteiger partial charge is 0.444 e. The molecule has 3 rings (SSSR count). The molecule has 1 fully saturated rings. The molecule has 1 aromatic heterocycles. The Bertz CT molecular complexity index is 705. The van der Waals surface area contributed by atoms with Crippen molar-refractivity contribution < 1.29 is 9.53 Å². The van der Waals surface area contributed by atoms with Gasteiger partial charge >= 0.3 is 6.09 Å². The summed E-state index contributed by atoms with van der Waals surface area (Å²) in [7, 11) is 0. The van der Waals surface area contributed by atoms with Gasteiger partial charge in [0.15, 0.2) is 0 Å². The van der Waals surface area contributed by atoms with Crippen LogP contribution >= 0.6 is 0 Å². The van der Waals surface area contributed by atoms with E-state index in [1.165, 1.54) is 0 Å². The van der Waals surface area contributed by atoms with Crippen LogP contribution in [0.4, 0.5) is 10.5 Å². The standard InChI is InChI=1S/C13H11N5O2/c14-17-16-7-9-8-18(13(19)20-9)12-5-1-4-11-10(12)3-2-6-15-11/h1-6,9H,7-8H2/t9-/m0/s1. The number of hydrogen-bond donors (Lipinski definition) is 0. The van der Waals surface area contributed by atoms with Crippen LogP contribution in [0.5, 0.6) is 0 Å². The Kier molecular flexibility index (Phi) is 3.10. The van der Waals surface area contributed by atoms with Gasteiger partial charge in [0.05, 0.1) is 24.3 Å². The minimum atomic E-state index is -0.431. The van der Waals surface area contributed by atoms with Gasteiger partial charge in [0.25, 0.3) is 0 Å². The van der Waals surface area contributed by atoms with E-state index in [4.69, 9.17) is 10.3 Å². The zero-order valence-electron chi connectivity index (χ0n) is 10.5. The second kappa shape index (κ2) is 5.07. The number of azide groups is 1. The van der Waals surface area contributed by atoms with Gasteiger partial charge in [-0.15, -0.1) is 0 Å². The monoisotopic (exact) mass is 269 g/mol. The zero-order valence-corrected chi connectivity index (χ0v) is 10.5. The van der Waals surface area contributed by atoms with Crippen molar-refractivity contribution in [2.75, 3.05) is 18.0 Å². The molecule has 2 aromatic rings. The molecular formula is C13H11N5O2. The maximum Gasteiger partial charge on any atom is 0.414 e. The first-order chi connectivity index (χ1) is 9.79. The van der Waals surface area contributed by atoms with Crippen molar-refractivity contribution in [3.63, 3.8) is 0 Å². The molecule has 0 saturated carbocycles. The van der Waals surface area contributed by atoms with E-state index in [1.54, 1.807) is 11.1 Å². The molecule has 0 bridgehead atoms. The second-order valence-corrected chi connectivity index (χ2v) is 4.38. The normalized spacial score (nSPS) is 17.9. The number of anilines is 1. The SMILES string of the molecule is [N-]=[N+]=NC[C@H]1CN(c2cccc3ncccc23)C(=O)O1. The minimum Gasteiger partial charge on any atom is -0.444 e. The van der Waals surface area contributed by atoms with E-state index in [0.717, 1.165) is 16.6 Å². The number of aromatic nitrogens is 1. The van der Waals surface area contributed by atoms with E-state index in [0.29, 0.717) is 6.54 Å². The van der Waals surface area contributed by atoms with Crippen LogP contribution in [0, 0.1) is 0 Å². The molecule has 0 aliphatic carbocycles. The van der Waals surface area contributed by atoms with Crippen LogP contribution in [0.3, 0.4) is 0 Å². The van der Waals surface area contributed by atoms with Gasteiger partial charge in [-0.1, -0.05) is 11.2 Å². The number of rotatable bonds is 3. The molecule has 1 amide bonds. The second-order valence-electron chi connectivity index (χ2n) is 4.38. The van der Waals surface area contributed by atoms with Crippen molar-refractivity contribution in [2.24, 2.45) is 5.11 Å². The van der Waals surface area contributed by atoms with Gasteiger partial charge in [-0.3, -0.25) is 9.88 Å². The van der Waals surface area contributed by atoms with Crippen LogP contribution < -0.4 is 4.90 Å². The van der Waals surface area contributed by atoms with Crippen molar-refractivity contribution in [2.45, 2.75) is 6.10 Å². The van der Waals surface area contributed by atoms with Gasteiger partial charge in [-0.25, -0.2) is 4.79 Å². The molecule has 100 valence electrons. The third-order valence-electron chi connectivity index (χ3n) is 3.14. The average molecular weight is 269 g/mol. The number of benzene rings is 1. The van der Waals surface area contributed by atoms with Crippen LogP contribution in [-0.2, 0) is 4.74 Å². The van der Waals surface area contributed by atoms with Crippen LogP contribution in [0.2, 0.25) is 0 Å². The maximum absolute atomic E-state index is 11.9. The summed E-state index contributed by atoms with van der Waals surface area (Å²) in [5, 5.41) is 4.33. The van der Waals surface area contributed by atoms with Gasteiger partial charge in [0, 0.05) is 16.5 Å². The van der Waals surface area contributed by atoms with Gasteiger partial charge in [0.2, 0.25) is 0 Å². The van der Waals surface area contributed by atoms with Gasteiger partial charge in [-0.05, 0) is 29.8 Å². The van der Waals surface area contributed by atoms with Crippen molar-refractivity contribution >= 4 is 22.7 Å². The summed E-state index contributed by atoms with van der Waals surface area (Å²) in [6.45, 7) is 0.508. The molecule has 2 heterocycles. The first-order valence-corrected chi connectivity index (χ1v) is 6.12. The third-order valence-corrected chi connectivity index (χ3v) is 3.14. The highest BCUT2D eigenvalue weighted by Crippen LogP contribution is 2.29. The summed E-state index contributed by atoms with van der Waals surface area (Å²) in [5.41, 5.74) is 9.88. The summed E-state index contributed by atoms with van der Waals surface area (Å²) in [4.78, 5) is 20.4. The predicted octanol–water partition coefficient (Wildman–Crippen LogP) is 2.87. The smallest absolute Gasteiger partial charge is 0.414 e. The van der Waals surface area contributed by atoms with Crippen molar-refractivity contribution in [1.82, 2.24) is 4.98 Å².